The van der Waals surface area contributed by atoms with E-state index in [1.54, 1.807) is 0 Å². The third-order valence-electron chi connectivity index (χ3n) is 5.56. The van der Waals surface area contributed by atoms with Crippen LogP contribution in [0.1, 0.15) is 53.4 Å². The van der Waals surface area contributed by atoms with E-state index < -0.39 is 0 Å². The van der Waals surface area contributed by atoms with E-state index >= 15 is 0 Å². The molecule has 0 bridgehead atoms. The van der Waals surface area contributed by atoms with E-state index in [0.717, 1.165) is 38.0 Å². The summed E-state index contributed by atoms with van der Waals surface area (Å²) in [5.74, 6) is 0.0110. The minimum Gasteiger partial charge on any atom is -0.373 e. The lowest BCUT2D eigenvalue weighted by Crippen LogP contribution is -2.44. The van der Waals surface area contributed by atoms with E-state index in [1.807, 2.05) is 18.2 Å². The first kappa shape index (κ1) is 18.2. The maximum Gasteiger partial charge on any atom is 0.251 e. The molecule has 0 radical (unpaired) electrons. The second kappa shape index (κ2) is 7.83. The number of aryl methyl sites for hydroxylation is 1. The average molecular weight is 364 g/mol. The highest BCUT2D eigenvalue weighted by atomic mass is 16.5. The van der Waals surface area contributed by atoms with Crippen LogP contribution in [-0.2, 0) is 17.7 Å². The van der Waals surface area contributed by atoms with E-state index in [9.17, 15) is 4.79 Å². The highest BCUT2D eigenvalue weighted by Gasteiger charge is 2.24. The second-order valence-corrected chi connectivity index (χ2v) is 7.91. The van der Waals surface area contributed by atoms with Gasteiger partial charge in [-0.25, -0.2) is 0 Å². The third kappa shape index (κ3) is 4.23. The summed E-state index contributed by atoms with van der Waals surface area (Å²) >= 11 is 0. The van der Waals surface area contributed by atoms with Crippen LogP contribution >= 0.6 is 0 Å². The number of benzene rings is 2. The van der Waals surface area contributed by atoms with Crippen molar-refractivity contribution in [3.05, 3.63) is 70.8 Å². The number of ether oxygens (including phenoxy) is 1. The largest absolute Gasteiger partial charge is 0.373 e. The van der Waals surface area contributed by atoms with Crippen LogP contribution in [0.5, 0.6) is 0 Å². The molecule has 0 saturated carbocycles. The summed E-state index contributed by atoms with van der Waals surface area (Å²) in [7, 11) is 0. The van der Waals surface area contributed by atoms with Crippen molar-refractivity contribution in [3.63, 3.8) is 0 Å². The number of hydrogen-bond donors (Lipinski definition) is 1. The van der Waals surface area contributed by atoms with Crippen molar-refractivity contribution in [3.8, 4) is 0 Å². The summed E-state index contributed by atoms with van der Waals surface area (Å²) < 4.78 is 5.80. The van der Waals surface area contributed by atoms with E-state index in [4.69, 9.17) is 4.74 Å². The Morgan fingerprint density at radius 2 is 1.78 bits per heavy atom. The lowest BCUT2D eigenvalue weighted by Gasteiger charge is -2.35. The van der Waals surface area contributed by atoms with Gasteiger partial charge in [0.2, 0.25) is 0 Å². The summed E-state index contributed by atoms with van der Waals surface area (Å²) in [6.45, 7) is 7.05. The molecule has 1 fully saturated rings. The van der Waals surface area contributed by atoms with Crippen LogP contribution in [-0.4, -0.2) is 36.1 Å². The molecule has 2 aromatic rings. The van der Waals surface area contributed by atoms with Gasteiger partial charge in [-0.3, -0.25) is 9.69 Å². The van der Waals surface area contributed by atoms with Crippen molar-refractivity contribution in [2.75, 3.05) is 13.1 Å². The molecule has 0 spiro atoms. The smallest absolute Gasteiger partial charge is 0.251 e. The lowest BCUT2D eigenvalue weighted by atomic mass is 10.1. The van der Waals surface area contributed by atoms with Crippen LogP contribution in [0.4, 0.5) is 0 Å². The lowest BCUT2D eigenvalue weighted by molar-refractivity contribution is -0.0704. The van der Waals surface area contributed by atoms with Crippen LogP contribution in [0.3, 0.4) is 0 Å². The molecule has 4 nitrogen and oxygen atoms in total. The first-order valence-electron chi connectivity index (χ1n) is 9.94. The Morgan fingerprint density at radius 3 is 2.52 bits per heavy atom. The van der Waals surface area contributed by atoms with E-state index in [1.165, 1.54) is 16.7 Å². The Morgan fingerprint density at radius 1 is 1.07 bits per heavy atom. The number of amides is 1. The highest BCUT2D eigenvalue weighted by molar-refractivity contribution is 5.94. The molecule has 1 heterocycles. The van der Waals surface area contributed by atoms with E-state index in [-0.39, 0.29) is 24.2 Å². The first-order valence-corrected chi connectivity index (χ1v) is 9.94. The maximum atomic E-state index is 12.7. The summed E-state index contributed by atoms with van der Waals surface area (Å²) in [5, 5.41) is 3.20. The van der Waals surface area contributed by atoms with E-state index in [2.05, 4.69) is 54.4 Å². The van der Waals surface area contributed by atoms with Gasteiger partial charge in [0.1, 0.15) is 0 Å². The quantitative estimate of drug-likeness (QED) is 0.899. The number of hydrogen-bond acceptors (Lipinski definition) is 3. The molecule has 142 valence electrons. The Bertz CT molecular complexity index is 792. The first-order chi connectivity index (χ1) is 13.1. The Balaban J connectivity index is 1.37. The summed E-state index contributed by atoms with van der Waals surface area (Å²) in [5.41, 5.74) is 4.58. The number of fused-ring (bicyclic) bond motifs is 1. The third-order valence-corrected chi connectivity index (χ3v) is 5.56. The predicted molar refractivity (Wildman–Crippen MR) is 107 cm³/mol. The molecule has 2 aliphatic rings. The van der Waals surface area contributed by atoms with E-state index in [0.29, 0.717) is 0 Å². The van der Waals surface area contributed by atoms with Gasteiger partial charge in [0, 0.05) is 25.2 Å². The molecule has 1 aliphatic carbocycles. The van der Waals surface area contributed by atoms with Gasteiger partial charge >= 0.3 is 0 Å². The number of morpholine rings is 1. The van der Waals surface area contributed by atoms with Gasteiger partial charge in [-0.05, 0) is 55.5 Å². The van der Waals surface area contributed by atoms with Crippen molar-refractivity contribution in [2.24, 2.45) is 0 Å². The highest BCUT2D eigenvalue weighted by Crippen LogP contribution is 2.30. The van der Waals surface area contributed by atoms with Crippen LogP contribution < -0.4 is 5.32 Å². The SMILES string of the molecule is C[C@@H]1CN(Cc2ccc(C(=O)N[C@@H]3CCc4ccccc43)cc2)C[C@H](C)O1. The molecule has 4 rings (SSSR count). The molecular weight excluding hydrogens is 336 g/mol. The normalized spacial score (nSPS) is 25.2. The van der Waals surface area contributed by atoms with Crippen LogP contribution in [0, 0.1) is 0 Å². The summed E-state index contributed by atoms with van der Waals surface area (Å²) in [6.07, 6.45) is 2.56. The number of nitrogens with one attached hydrogen (secondary N) is 1. The molecular formula is C23H28N2O2. The van der Waals surface area contributed by atoms with Gasteiger partial charge in [-0.15, -0.1) is 0 Å². The Hall–Kier alpha value is -2.17. The fraction of sp³-hybridized carbons (Fsp3) is 0.435. The predicted octanol–water partition coefficient (Wildman–Crippen LogP) is 3.71. The van der Waals surface area contributed by atoms with Gasteiger partial charge in [-0.1, -0.05) is 36.4 Å². The molecule has 2 aromatic carbocycles. The maximum absolute atomic E-state index is 12.7. The van der Waals surface area contributed by atoms with Crippen molar-refractivity contribution >= 4 is 5.91 Å². The van der Waals surface area contributed by atoms with Crippen molar-refractivity contribution < 1.29 is 9.53 Å². The minimum absolute atomic E-state index is 0.0110. The van der Waals surface area contributed by atoms with Gasteiger partial charge in [-0.2, -0.15) is 0 Å². The zero-order valence-electron chi connectivity index (χ0n) is 16.2. The number of nitrogens with zero attached hydrogens (tertiary/aromatic N) is 1. The molecule has 1 amide bonds. The zero-order valence-corrected chi connectivity index (χ0v) is 16.2. The number of carbonyl (C=O) groups excluding carboxylic acids is 1. The molecule has 0 unspecified atom stereocenters. The zero-order chi connectivity index (χ0) is 18.8. The minimum atomic E-state index is 0.0110. The summed E-state index contributed by atoms with van der Waals surface area (Å²) in [4.78, 5) is 15.1. The number of rotatable bonds is 4. The van der Waals surface area contributed by atoms with Gasteiger partial charge in [0.15, 0.2) is 0 Å². The molecule has 1 aliphatic heterocycles. The van der Waals surface area contributed by atoms with Crippen molar-refractivity contribution in [1.82, 2.24) is 10.2 Å². The second-order valence-electron chi connectivity index (χ2n) is 7.91. The molecule has 0 aromatic heterocycles. The Labute approximate surface area is 161 Å². The summed E-state index contributed by atoms with van der Waals surface area (Å²) in [6, 6.07) is 16.6. The van der Waals surface area contributed by atoms with Crippen molar-refractivity contribution in [2.45, 2.75) is 51.5 Å². The molecule has 27 heavy (non-hydrogen) atoms. The molecule has 4 heteroatoms. The standard InChI is InChI=1S/C23H28N2O2/c1-16-13-25(14-17(2)27-16)15-18-7-9-20(10-8-18)23(26)24-22-12-11-19-5-3-4-6-21(19)22/h3-10,16-17,22H,11-15H2,1-2H3,(H,24,26)/t16-,17+,22-/m1/s1. The fourth-order valence-electron chi connectivity index (χ4n) is 4.38. The number of carbonyl (C=O) groups is 1. The average Bonchev–Trinajstić information content (AvgIpc) is 3.04. The van der Waals surface area contributed by atoms with Crippen LogP contribution in [0.15, 0.2) is 48.5 Å². The molecule has 1 saturated heterocycles. The van der Waals surface area contributed by atoms with Crippen molar-refractivity contribution in [1.29, 1.82) is 0 Å². The van der Waals surface area contributed by atoms with Gasteiger partial charge < -0.3 is 10.1 Å². The van der Waals surface area contributed by atoms with Crippen LogP contribution in [0.2, 0.25) is 0 Å². The fourth-order valence-corrected chi connectivity index (χ4v) is 4.38. The topological polar surface area (TPSA) is 41.6 Å². The molecule has 3 atom stereocenters. The van der Waals surface area contributed by atoms with Gasteiger partial charge in [0.25, 0.3) is 5.91 Å². The molecule has 1 N–H and O–H groups in total. The monoisotopic (exact) mass is 364 g/mol. The van der Waals surface area contributed by atoms with Crippen LogP contribution in [0.25, 0.3) is 0 Å². The van der Waals surface area contributed by atoms with Gasteiger partial charge in [0.05, 0.1) is 18.2 Å². The Kier molecular flexibility index (Phi) is 5.28.